The van der Waals surface area contributed by atoms with Crippen molar-refractivity contribution in [3.63, 3.8) is 0 Å². The van der Waals surface area contributed by atoms with Gasteiger partial charge in [0.25, 0.3) is 0 Å². The summed E-state index contributed by atoms with van der Waals surface area (Å²) in [7, 11) is 0. The van der Waals surface area contributed by atoms with Crippen molar-refractivity contribution in [2.75, 3.05) is 0 Å². The molecule has 5 rings (SSSR count). The highest BCUT2D eigenvalue weighted by Gasteiger charge is 2.35. The summed E-state index contributed by atoms with van der Waals surface area (Å²) in [5.74, 6) is 0. The van der Waals surface area contributed by atoms with E-state index in [4.69, 9.17) is 0 Å². The third-order valence-corrected chi connectivity index (χ3v) is 6.57. The molecule has 0 atom stereocenters. The molecule has 2 aromatic carbocycles. The largest absolute Gasteiger partial charge is 0.264 e. The van der Waals surface area contributed by atoms with Crippen LogP contribution in [0.25, 0.3) is 22.3 Å². The van der Waals surface area contributed by atoms with Crippen LogP contribution in [0.2, 0.25) is 0 Å². The molecular formula is C28H26N2. The molecule has 148 valence electrons. The summed E-state index contributed by atoms with van der Waals surface area (Å²) in [5.41, 5.74) is 7.77. The van der Waals surface area contributed by atoms with Gasteiger partial charge in [0.1, 0.15) is 0 Å². The molecule has 0 N–H and O–H groups in total. The van der Waals surface area contributed by atoms with Crippen LogP contribution >= 0.6 is 0 Å². The van der Waals surface area contributed by atoms with Crippen LogP contribution in [-0.4, -0.2) is 9.97 Å². The monoisotopic (exact) mass is 390 g/mol. The van der Waals surface area contributed by atoms with Crippen LogP contribution in [0.1, 0.15) is 43.2 Å². The molecule has 2 aromatic heterocycles. The summed E-state index contributed by atoms with van der Waals surface area (Å²) in [6, 6.07) is 26.6. The molecule has 0 unspecified atom stereocenters. The molecule has 0 saturated heterocycles. The maximum atomic E-state index is 4.26. The minimum atomic E-state index is 0.110. The molecule has 1 aliphatic rings. The number of aromatic nitrogens is 2. The Morgan fingerprint density at radius 2 is 0.967 bits per heavy atom. The van der Waals surface area contributed by atoms with Crippen molar-refractivity contribution >= 4 is 0 Å². The maximum Gasteiger partial charge on any atom is 0.0346 e. The first-order valence-corrected chi connectivity index (χ1v) is 10.9. The molecule has 0 amide bonds. The smallest absolute Gasteiger partial charge is 0.0346 e. The lowest BCUT2D eigenvalue weighted by atomic mass is 9.65. The molecule has 0 bridgehead atoms. The third-order valence-electron chi connectivity index (χ3n) is 6.57. The standard InChI is InChI=1S/C28H26N2/c1-2-16-28(17-3-1,26-12-8-22(9-13-26)24-6-4-18-29-20-24)27-14-10-23(11-15-27)25-7-5-19-30-21-25/h4-15,18-21H,1-3,16-17H2. The first-order valence-electron chi connectivity index (χ1n) is 10.9. The van der Waals surface area contributed by atoms with Crippen molar-refractivity contribution in [1.82, 2.24) is 9.97 Å². The predicted molar refractivity (Wildman–Crippen MR) is 123 cm³/mol. The lowest BCUT2D eigenvalue weighted by molar-refractivity contribution is 0.346. The van der Waals surface area contributed by atoms with Gasteiger partial charge in [-0.1, -0.05) is 79.9 Å². The highest BCUT2D eigenvalue weighted by atomic mass is 14.6. The van der Waals surface area contributed by atoms with Gasteiger partial charge in [-0.15, -0.1) is 0 Å². The summed E-state index contributed by atoms with van der Waals surface area (Å²) in [6.07, 6.45) is 13.9. The van der Waals surface area contributed by atoms with Crippen LogP contribution in [0.3, 0.4) is 0 Å². The number of pyridine rings is 2. The molecule has 30 heavy (non-hydrogen) atoms. The Hall–Kier alpha value is -3.26. The summed E-state index contributed by atoms with van der Waals surface area (Å²) in [6.45, 7) is 0. The summed E-state index contributed by atoms with van der Waals surface area (Å²) in [4.78, 5) is 8.53. The van der Waals surface area contributed by atoms with Crippen LogP contribution in [0.4, 0.5) is 0 Å². The Bertz CT molecular complexity index is 994. The zero-order chi connectivity index (χ0) is 20.2. The number of rotatable bonds is 4. The van der Waals surface area contributed by atoms with E-state index in [1.54, 1.807) is 0 Å². The van der Waals surface area contributed by atoms with Crippen molar-refractivity contribution in [2.24, 2.45) is 0 Å². The van der Waals surface area contributed by atoms with Crippen LogP contribution < -0.4 is 0 Å². The van der Waals surface area contributed by atoms with Gasteiger partial charge < -0.3 is 0 Å². The van der Waals surface area contributed by atoms with Gasteiger partial charge >= 0.3 is 0 Å². The van der Waals surface area contributed by atoms with E-state index in [0.29, 0.717) is 0 Å². The Balaban J connectivity index is 1.51. The fraction of sp³-hybridized carbons (Fsp3) is 0.214. The highest BCUT2D eigenvalue weighted by molar-refractivity contribution is 5.65. The molecule has 2 heteroatoms. The van der Waals surface area contributed by atoms with Gasteiger partial charge in [0.15, 0.2) is 0 Å². The van der Waals surface area contributed by atoms with E-state index >= 15 is 0 Å². The second-order valence-corrected chi connectivity index (χ2v) is 8.28. The van der Waals surface area contributed by atoms with E-state index in [0.717, 1.165) is 0 Å². The van der Waals surface area contributed by atoms with Crippen molar-refractivity contribution in [3.8, 4) is 22.3 Å². The van der Waals surface area contributed by atoms with Crippen molar-refractivity contribution in [1.29, 1.82) is 0 Å². The highest BCUT2D eigenvalue weighted by Crippen LogP contribution is 2.45. The van der Waals surface area contributed by atoms with E-state index in [1.165, 1.54) is 65.5 Å². The maximum absolute atomic E-state index is 4.26. The average Bonchev–Trinajstić information content (AvgIpc) is 2.86. The number of benzene rings is 2. The Morgan fingerprint density at radius 3 is 1.37 bits per heavy atom. The zero-order valence-corrected chi connectivity index (χ0v) is 17.2. The van der Waals surface area contributed by atoms with Crippen molar-refractivity contribution in [2.45, 2.75) is 37.5 Å². The minimum Gasteiger partial charge on any atom is -0.264 e. The summed E-state index contributed by atoms with van der Waals surface area (Å²) >= 11 is 0. The lowest BCUT2D eigenvalue weighted by Gasteiger charge is -2.39. The normalized spacial score (nSPS) is 15.6. The molecule has 4 aromatic rings. The lowest BCUT2D eigenvalue weighted by Crippen LogP contribution is -2.30. The van der Waals surface area contributed by atoms with Crippen LogP contribution in [0, 0.1) is 0 Å². The second-order valence-electron chi connectivity index (χ2n) is 8.28. The number of hydrogen-bond donors (Lipinski definition) is 0. The number of hydrogen-bond acceptors (Lipinski definition) is 2. The van der Waals surface area contributed by atoms with E-state index in [2.05, 4.69) is 70.6 Å². The van der Waals surface area contributed by atoms with Gasteiger partial charge in [0, 0.05) is 30.2 Å². The van der Waals surface area contributed by atoms with Crippen LogP contribution in [-0.2, 0) is 5.41 Å². The Labute approximate surface area is 178 Å². The molecule has 1 fully saturated rings. The van der Waals surface area contributed by atoms with E-state index in [-0.39, 0.29) is 5.41 Å². The second kappa shape index (κ2) is 8.23. The number of nitrogens with zero attached hydrogens (tertiary/aromatic N) is 2. The van der Waals surface area contributed by atoms with Crippen LogP contribution in [0.15, 0.2) is 97.6 Å². The predicted octanol–water partition coefficient (Wildman–Crippen LogP) is 7.06. The van der Waals surface area contributed by atoms with E-state index < -0.39 is 0 Å². The molecule has 2 heterocycles. The summed E-state index contributed by atoms with van der Waals surface area (Å²) < 4.78 is 0. The molecule has 0 spiro atoms. The van der Waals surface area contributed by atoms with Gasteiger partial charge in [-0.25, -0.2) is 0 Å². The first kappa shape index (κ1) is 18.7. The fourth-order valence-corrected chi connectivity index (χ4v) is 4.93. The van der Waals surface area contributed by atoms with Gasteiger partial charge in [-0.3, -0.25) is 9.97 Å². The van der Waals surface area contributed by atoms with E-state index in [9.17, 15) is 0 Å². The van der Waals surface area contributed by atoms with Gasteiger partial charge in [0.05, 0.1) is 0 Å². The van der Waals surface area contributed by atoms with Gasteiger partial charge in [0.2, 0.25) is 0 Å². The molecule has 1 aliphatic carbocycles. The molecule has 1 saturated carbocycles. The van der Waals surface area contributed by atoms with Crippen molar-refractivity contribution in [3.05, 3.63) is 109 Å². The quantitative estimate of drug-likeness (QED) is 0.373. The molecular weight excluding hydrogens is 364 g/mol. The third kappa shape index (κ3) is 3.54. The van der Waals surface area contributed by atoms with Crippen LogP contribution in [0.5, 0.6) is 0 Å². The van der Waals surface area contributed by atoms with Gasteiger partial charge in [-0.05, 0) is 58.4 Å². The van der Waals surface area contributed by atoms with Gasteiger partial charge in [-0.2, -0.15) is 0 Å². The zero-order valence-electron chi connectivity index (χ0n) is 17.2. The van der Waals surface area contributed by atoms with Crippen molar-refractivity contribution < 1.29 is 0 Å². The molecule has 0 aliphatic heterocycles. The SMILES string of the molecule is c1cncc(-c2ccc(C3(c4ccc(-c5cccnc5)cc4)CCCCC3)cc2)c1. The first-order chi connectivity index (χ1) is 14.9. The topological polar surface area (TPSA) is 25.8 Å². The Morgan fingerprint density at radius 1 is 0.500 bits per heavy atom. The summed E-state index contributed by atoms with van der Waals surface area (Å²) in [5, 5.41) is 0. The average molecular weight is 391 g/mol. The van der Waals surface area contributed by atoms with E-state index in [1.807, 2.05) is 36.9 Å². The minimum absolute atomic E-state index is 0.110. The fourth-order valence-electron chi connectivity index (χ4n) is 4.93. The molecule has 2 nitrogen and oxygen atoms in total. The molecule has 0 radical (unpaired) electrons. The Kier molecular flexibility index (Phi) is 5.15.